The Morgan fingerprint density at radius 3 is 2.83 bits per heavy atom. The van der Waals surface area contributed by atoms with E-state index < -0.39 is 0 Å². The lowest BCUT2D eigenvalue weighted by Crippen LogP contribution is -2.45. The molecule has 24 heavy (non-hydrogen) atoms. The molecule has 2 heterocycles. The summed E-state index contributed by atoms with van der Waals surface area (Å²) in [6.45, 7) is 11.1. The molecule has 1 aromatic heterocycles. The van der Waals surface area contributed by atoms with E-state index in [1.807, 2.05) is 0 Å². The average molecular weight is 334 g/mol. The van der Waals surface area contributed by atoms with Crippen LogP contribution in [-0.4, -0.2) is 66.2 Å². The summed E-state index contributed by atoms with van der Waals surface area (Å²) in [5.74, 6) is 0.637. The summed E-state index contributed by atoms with van der Waals surface area (Å²) in [6.07, 6.45) is 0. The van der Waals surface area contributed by atoms with E-state index >= 15 is 0 Å². The van der Waals surface area contributed by atoms with Crippen LogP contribution in [0.4, 0.5) is 4.39 Å². The molecule has 0 bridgehead atoms. The van der Waals surface area contributed by atoms with Crippen LogP contribution in [0.2, 0.25) is 0 Å². The molecule has 3 rings (SSSR count). The third-order valence-corrected chi connectivity index (χ3v) is 4.37. The molecule has 0 radical (unpaired) electrons. The fourth-order valence-electron chi connectivity index (χ4n) is 3.57. The number of fused-ring (bicyclic) bond motifs is 1. The molecule has 1 N–H and O–H groups in total. The van der Waals surface area contributed by atoms with Gasteiger partial charge in [0.1, 0.15) is 11.6 Å². The molecular weight excluding hydrogens is 307 g/mol. The molecule has 5 nitrogen and oxygen atoms in total. The van der Waals surface area contributed by atoms with E-state index in [1.165, 1.54) is 12.1 Å². The zero-order chi connectivity index (χ0) is 17.2. The fourth-order valence-corrected chi connectivity index (χ4v) is 3.57. The van der Waals surface area contributed by atoms with Crippen LogP contribution in [0.5, 0.6) is 0 Å². The Kier molecular flexibility index (Phi) is 5.18. The molecule has 0 amide bonds. The van der Waals surface area contributed by atoms with Gasteiger partial charge < -0.3 is 9.72 Å². The molecule has 0 unspecified atom stereocenters. The molecule has 0 aliphatic carbocycles. The Hall–Kier alpha value is -1.50. The van der Waals surface area contributed by atoms with Gasteiger partial charge in [0.15, 0.2) is 0 Å². The number of aromatic nitrogens is 2. The summed E-state index contributed by atoms with van der Waals surface area (Å²) < 4.78 is 18.7. The third-order valence-electron chi connectivity index (χ3n) is 4.37. The number of ether oxygens (including phenoxy) is 1. The van der Waals surface area contributed by atoms with Crippen LogP contribution in [0.3, 0.4) is 0 Å². The molecule has 1 aliphatic heterocycles. The predicted octanol–water partition coefficient (Wildman–Crippen LogP) is 2.49. The maximum absolute atomic E-state index is 13.3. The first-order chi connectivity index (χ1) is 11.4. The summed E-state index contributed by atoms with van der Waals surface area (Å²) in [4.78, 5) is 12.5. The second-order valence-electron chi connectivity index (χ2n) is 7.57. The van der Waals surface area contributed by atoms with Gasteiger partial charge >= 0.3 is 0 Å². The van der Waals surface area contributed by atoms with Crippen LogP contribution in [0.15, 0.2) is 18.2 Å². The van der Waals surface area contributed by atoms with Crippen LogP contribution in [0.1, 0.15) is 19.7 Å². The van der Waals surface area contributed by atoms with E-state index in [0.29, 0.717) is 0 Å². The van der Waals surface area contributed by atoms with Crippen LogP contribution in [0, 0.1) is 11.2 Å². The molecule has 132 valence electrons. The molecule has 0 saturated carbocycles. The van der Waals surface area contributed by atoms with Gasteiger partial charge in [-0.3, -0.25) is 9.80 Å². The number of nitrogens with one attached hydrogen (secondary N) is 1. The smallest absolute Gasteiger partial charge is 0.125 e. The van der Waals surface area contributed by atoms with E-state index in [1.54, 1.807) is 6.07 Å². The van der Waals surface area contributed by atoms with Gasteiger partial charge in [-0.15, -0.1) is 0 Å². The number of H-pyrrole nitrogens is 1. The maximum atomic E-state index is 13.3. The van der Waals surface area contributed by atoms with E-state index in [-0.39, 0.29) is 11.2 Å². The summed E-state index contributed by atoms with van der Waals surface area (Å²) in [5.41, 5.74) is 1.75. The van der Waals surface area contributed by atoms with Gasteiger partial charge in [-0.1, -0.05) is 13.8 Å². The second kappa shape index (κ2) is 7.17. The normalized spacial score (nSPS) is 17.0. The maximum Gasteiger partial charge on any atom is 0.125 e. The lowest BCUT2D eigenvalue weighted by Gasteiger charge is -2.37. The number of halogens is 1. The van der Waals surface area contributed by atoms with Crippen molar-refractivity contribution in [3.63, 3.8) is 0 Å². The highest BCUT2D eigenvalue weighted by Gasteiger charge is 2.25. The highest BCUT2D eigenvalue weighted by atomic mass is 19.1. The van der Waals surface area contributed by atoms with Crippen LogP contribution in [-0.2, 0) is 11.3 Å². The second-order valence-corrected chi connectivity index (χ2v) is 7.57. The Bertz CT molecular complexity index is 679. The standard InChI is InChI=1S/C18H27FN4O/c1-18(2,13-23-6-8-24-9-7-23)12-22(3)11-17-20-15-5-4-14(19)10-16(15)21-17/h4-5,10H,6-9,11-13H2,1-3H3,(H,20,21). The number of rotatable bonds is 6. The van der Waals surface area contributed by atoms with Crippen LogP contribution < -0.4 is 0 Å². The molecule has 2 aromatic rings. The Morgan fingerprint density at radius 1 is 1.33 bits per heavy atom. The Morgan fingerprint density at radius 2 is 2.08 bits per heavy atom. The van der Waals surface area contributed by atoms with Gasteiger partial charge in [-0.05, 0) is 30.7 Å². The van der Waals surface area contributed by atoms with Crippen molar-refractivity contribution in [1.29, 1.82) is 0 Å². The SMILES string of the molecule is CN(Cc1nc2ccc(F)cc2[nH]1)CC(C)(C)CN1CCOCC1. The fraction of sp³-hybridized carbons (Fsp3) is 0.611. The minimum atomic E-state index is -0.238. The number of morpholine rings is 1. The van der Waals surface area contributed by atoms with E-state index in [9.17, 15) is 4.39 Å². The lowest BCUT2D eigenvalue weighted by atomic mass is 9.92. The molecule has 1 saturated heterocycles. The average Bonchev–Trinajstić information content (AvgIpc) is 2.88. The van der Waals surface area contributed by atoms with Crippen molar-refractivity contribution in [1.82, 2.24) is 19.8 Å². The van der Waals surface area contributed by atoms with Gasteiger partial charge in [0.2, 0.25) is 0 Å². The van der Waals surface area contributed by atoms with Crippen molar-refractivity contribution >= 4 is 11.0 Å². The molecule has 1 aromatic carbocycles. The van der Waals surface area contributed by atoms with Gasteiger partial charge in [0, 0.05) is 26.2 Å². The zero-order valence-corrected chi connectivity index (χ0v) is 14.8. The largest absolute Gasteiger partial charge is 0.379 e. The van der Waals surface area contributed by atoms with E-state index in [0.717, 1.165) is 62.8 Å². The van der Waals surface area contributed by atoms with Crippen molar-refractivity contribution in [3.05, 3.63) is 29.8 Å². The summed E-state index contributed by atoms with van der Waals surface area (Å²) in [7, 11) is 2.11. The molecular formula is C18H27FN4O. The number of aromatic amines is 1. The van der Waals surface area contributed by atoms with E-state index in [4.69, 9.17) is 4.74 Å². The summed E-state index contributed by atoms with van der Waals surface area (Å²) in [6, 6.07) is 4.66. The van der Waals surface area contributed by atoms with E-state index in [2.05, 4.69) is 40.7 Å². The van der Waals surface area contributed by atoms with Crippen molar-refractivity contribution in [2.24, 2.45) is 5.41 Å². The number of nitrogens with zero attached hydrogens (tertiary/aromatic N) is 3. The number of hydrogen-bond acceptors (Lipinski definition) is 4. The topological polar surface area (TPSA) is 44.4 Å². The minimum Gasteiger partial charge on any atom is -0.379 e. The van der Waals surface area contributed by atoms with Crippen molar-refractivity contribution in [3.8, 4) is 0 Å². The van der Waals surface area contributed by atoms with Gasteiger partial charge in [0.25, 0.3) is 0 Å². The van der Waals surface area contributed by atoms with Crippen molar-refractivity contribution < 1.29 is 9.13 Å². The van der Waals surface area contributed by atoms with Gasteiger partial charge in [-0.25, -0.2) is 9.37 Å². The zero-order valence-electron chi connectivity index (χ0n) is 14.8. The minimum absolute atomic E-state index is 0.185. The molecule has 0 spiro atoms. The Labute approximate surface area is 142 Å². The predicted molar refractivity (Wildman–Crippen MR) is 93.4 cm³/mol. The number of benzene rings is 1. The van der Waals surface area contributed by atoms with Gasteiger partial charge in [-0.2, -0.15) is 0 Å². The highest BCUT2D eigenvalue weighted by Crippen LogP contribution is 2.20. The molecule has 6 heteroatoms. The number of imidazole rings is 1. The molecule has 0 atom stereocenters. The lowest BCUT2D eigenvalue weighted by molar-refractivity contribution is 0.0160. The quantitative estimate of drug-likeness (QED) is 0.881. The van der Waals surface area contributed by atoms with Crippen molar-refractivity contribution in [2.75, 3.05) is 46.4 Å². The first kappa shape index (κ1) is 17.3. The molecule has 1 aliphatic rings. The summed E-state index contributed by atoms with van der Waals surface area (Å²) in [5, 5.41) is 0. The highest BCUT2D eigenvalue weighted by molar-refractivity contribution is 5.74. The van der Waals surface area contributed by atoms with Crippen LogP contribution >= 0.6 is 0 Å². The van der Waals surface area contributed by atoms with Crippen molar-refractivity contribution in [2.45, 2.75) is 20.4 Å². The molecule has 1 fully saturated rings. The first-order valence-electron chi connectivity index (χ1n) is 8.54. The first-order valence-corrected chi connectivity index (χ1v) is 8.54. The van der Waals surface area contributed by atoms with Gasteiger partial charge in [0.05, 0.1) is 30.8 Å². The van der Waals surface area contributed by atoms with Crippen LogP contribution in [0.25, 0.3) is 11.0 Å². The summed E-state index contributed by atoms with van der Waals surface area (Å²) >= 11 is 0. The third kappa shape index (κ3) is 4.53. The Balaban J connectivity index is 1.57. The monoisotopic (exact) mass is 334 g/mol. The number of hydrogen-bond donors (Lipinski definition) is 1.